The van der Waals surface area contributed by atoms with Gasteiger partial charge >= 0.3 is 0 Å². The quantitative estimate of drug-likeness (QED) is 0.943. The molecule has 1 aromatic carbocycles. The number of rotatable bonds is 4. The van der Waals surface area contributed by atoms with E-state index in [1.165, 1.54) is 12.3 Å². The van der Waals surface area contributed by atoms with Crippen LogP contribution in [-0.2, 0) is 13.2 Å². The second-order valence-corrected chi connectivity index (χ2v) is 4.49. The van der Waals surface area contributed by atoms with Crippen molar-refractivity contribution in [3.8, 4) is 5.75 Å². The molecule has 0 saturated heterocycles. The van der Waals surface area contributed by atoms with Crippen LogP contribution in [0, 0.1) is 5.82 Å². The minimum absolute atomic E-state index is 0.112. The second-order valence-electron chi connectivity index (χ2n) is 3.63. The number of hydrogen-bond donors (Lipinski definition) is 1. The molecule has 18 heavy (non-hydrogen) atoms. The van der Waals surface area contributed by atoms with Crippen molar-refractivity contribution in [3.63, 3.8) is 0 Å². The summed E-state index contributed by atoms with van der Waals surface area (Å²) in [4.78, 5) is 3.97. The number of hydrogen-bond acceptors (Lipinski definition) is 3. The molecule has 0 radical (unpaired) electrons. The predicted octanol–water partition coefficient (Wildman–Crippen LogP) is 3.05. The molecule has 1 aromatic heterocycles. The molecule has 2 aromatic rings. The summed E-state index contributed by atoms with van der Waals surface area (Å²) in [7, 11) is 0. The molecular weight excluding hydrogens is 301 g/mol. The molecule has 1 heterocycles. The first-order chi connectivity index (χ1) is 8.70. The summed E-state index contributed by atoms with van der Waals surface area (Å²) in [6.07, 6.45) is 1.50. The molecule has 0 aliphatic carbocycles. The lowest BCUT2D eigenvalue weighted by Gasteiger charge is -2.08. The number of aromatic nitrogens is 1. The van der Waals surface area contributed by atoms with Gasteiger partial charge < -0.3 is 9.84 Å². The van der Waals surface area contributed by atoms with E-state index >= 15 is 0 Å². The van der Waals surface area contributed by atoms with Crippen LogP contribution in [0.3, 0.4) is 0 Å². The number of halogens is 2. The Kier molecular flexibility index (Phi) is 4.28. The number of ether oxygens (including phenoxy) is 1. The first kappa shape index (κ1) is 13.0. The maximum atomic E-state index is 13.5. The van der Waals surface area contributed by atoms with E-state index in [1.54, 1.807) is 24.3 Å². The Bertz CT molecular complexity index is 511. The number of nitrogens with zero attached hydrogens (tertiary/aromatic N) is 1. The summed E-state index contributed by atoms with van der Waals surface area (Å²) in [6, 6.07) is 8.12. The van der Waals surface area contributed by atoms with Gasteiger partial charge in [0, 0.05) is 10.0 Å². The topological polar surface area (TPSA) is 42.4 Å². The van der Waals surface area contributed by atoms with E-state index in [9.17, 15) is 4.39 Å². The van der Waals surface area contributed by atoms with Crippen molar-refractivity contribution in [3.05, 3.63) is 58.1 Å². The summed E-state index contributed by atoms with van der Waals surface area (Å²) < 4.78 is 19.6. The number of aliphatic hydroxyl groups excluding tert-OH is 1. The summed E-state index contributed by atoms with van der Waals surface area (Å²) in [5, 5.41) is 8.85. The van der Waals surface area contributed by atoms with Crippen molar-refractivity contribution >= 4 is 15.9 Å². The van der Waals surface area contributed by atoms with Crippen LogP contribution in [0.25, 0.3) is 0 Å². The molecule has 0 aliphatic rings. The molecule has 0 unspecified atom stereocenters. The Hall–Kier alpha value is -1.46. The molecule has 2 rings (SSSR count). The number of pyridine rings is 1. The van der Waals surface area contributed by atoms with E-state index in [-0.39, 0.29) is 19.0 Å². The van der Waals surface area contributed by atoms with Crippen molar-refractivity contribution in [2.24, 2.45) is 0 Å². The van der Waals surface area contributed by atoms with E-state index in [0.29, 0.717) is 21.5 Å². The van der Waals surface area contributed by atoms with Crippen molar-refractivity contribution in [1.82, 2.24) is 4.98 Å². The molecule has 0 atom stereocenters. The molecule has 5 heteroatoms. The third kappa shape index (κ3) is 3.05. The Labute approximate surface area is 112 Å². The summed E-state index contributed by atoms with van der Waals surface area (Å²) in [6.45, 7) is 0.00650. The highest BCUT2D eigenvalue weighted by atomic mass is 79.9. The van der Waals surface area contributed by atoms with Gasteiger partial charge in [0.2, 0.25) is 0 Å². The van der Waals surface area contributed by atoms with Crippen LogP contribution in [-0.4, -0.2) is 10.1 Å². The second kappa shape index (κ2) is 5.93. The standard InChI is InChI=1S/C13H11BrFNO2/c14-12-2-1-3-13(15)11(12)8-18-10-5-4-9(7-17)16-6-10/h1-6,17H,7-8H2. The average molecular weight is 312 g/mol. The van der Waals surface area contributed by atoms with Gasteiger partial charge in [-0.05, 0) is 24.3 Å². The molecule has 1 N–H and O–H groups in total. The maximum absolute atomic E-state index is 13.5. The summed E-state index contributed by atoms with van der Waals surface area (Å²) in [5.41, 5.74) is 1.03. The van der Waals surface area contributed by atoms with Gasteiger partial charge in [-0.15, -0.1) is 0 Å². The van der Waals surface area contributed by atoms with Crippen molar-refractivity contribution in [1.29, 1.82) is 0 Å². The van der Waals surface area contributed by atoms with Gasteiger partial charge in [0.15, 0.2) is 0 Å². The van der Waals surface area contributed by atoms with Gasteiger partial charge in [-0.3, -0.25) is 4.98 Å². The van der Waals surface area contributed by atoms with Crippen molar-refractivity contribution < 1.29 is 14.2 Å². The number of aliphatic hydroxyl groups is 1. The largest absolute Gasteiger partial charge is 0.487 e. The van der Waals surface area contributed by atoms with Crippen LogP contribution in [0.4, 0.5) is 4.39 Å². The van der Waals surface area contributed by atoms with E-state index in [4.69, 9.17) is 9.84 Å². The van der Waals surface area contributed by atoms with Gasteiger partial charge in [0.1, 0.15) is 18.2 Å². The highest BCUT2D eigenvalue weighted by Gasteiger charge is 2.07. The fourth-order valence-electron chi connectivity index (χ4n) is 1.42. The van der Waals surface area contributed by atoms with Crippen LogP contribution in [0.1, 0.15) is 11.3 Å². The lowest BCUT2D eigenvalue weighted by atomic mass is 10.2. The molecule has 0 fully saturated rings. The van der Waals surface area contributed by atoms with Crippen LogP contribution in [0.5, 0.6) is 5.75 Å². The molecule has 94 valence electrons. The van der Waals surface area contributed by atoms with E-state index < -0.39 is 0 Å². The zero-order valence-corrected chi connectivity index (χ0v) is 11.0. The van der Waals surface area contributed by atoms with Gasteiger partial charge in [-0.1, -0.05) is 22.0 Å². The minimum atomic E-state index is -0.315. The van der Waals surface area contributed by atoms with Crippen molar-refractivity contribution in [2.75, 3.05) is 0 Å². The Balaban J connectivity index is 2.06. The maximum Gasteiger partial charge on any atom is 0.138 e. The smallest absolute Gasteiger partial charge is 0.138 e. The third-order valence-electron chi connectivity index (χ3n) is 2.40. The average Bonchev–Trinajstić information content (AvgIpc) is 2.39. The Morgan fingerprint density at radius 3 is 2.72 bits per heavy atom. The first-order valence-corrected chi connectivity index (χ1v) is 6.11. The van der Waals surface area contributed by atoms with E-state index in [2.05, 4.69) is 20.9 Å². The summed E-state index contributed by atoms with van der Waals surface area (Å²) >= 11 is 3.27. The highest BCUT2D eigenvalue weighted by Crippen LogP contribution is 2.21. The van der Waals surface area contributed by atoms with Crippen molar-refractivity contribution in [2.45, 2.75) is 13.2 Å². The fraction of sp³-hybridized carbons (Fsp3) is 0.154. The van der Waals surface area contributed by atoms with Gasteiger partial charge in [-0.2, -0.15) is 0 Å². The molecule has 0 spiro atoms. The van der Waals surface area contributed by atoms with Gasteiger partial charge in [-0.25, -0.2) is 4.39 Å². The summed E-state index contributed by atoms with van der Waals surface area (Å²) in [5.74, 6) is 0.215. The molecule has 0 amide bonds. The first-order valence-electron chi connectivity index (χ1n) is 5.32. The van der Waals surface area contributed by atoms with Gasteiger partial charge in [0.25, 0.3) is 0 Å². The zero-order chi connectivity index (χ0) is 13.0. The normalized spacial score (nSPS) is 10.4. The molecule has 0 bridgehead atoms. The highest BCUT2D eigenvalue weighted by molar-refractivity contribution is 9.10. The van der Waals surface area contributed by atoms with Crippen LogP contribution in [0.2, 0.25) is 0 Å². The predicted molar refractivity (Wildman–Crippen MR) is 68.6 cm³/mol. The monoisotopic (exact) mass is 311 g/mol. The Morgan fingerprint density at radius 2 is 2.11 bits per heavy atom. The number of benzene rings is 1. The Morgan fingerprint density at radius 1 is 1.28 bits per heavy atom. The van der Waals surface area contributed by atoms with Crippen LogP contribution < -0.4 is 4.74 Å². The van der Waals surface area contributed by atoms with Gasteiger partial charge in [0.05, 0.1) is 18.5 Å². The molecular formula is C13H11BrFNO2. The third-order valence-corrected chi connectivity index (χ3v) is 3.15. The van der Waals surface area contributed by atoms with E-state index in [1.807, 2.05) is 0 Å². The molecule has 0 saturated carbocycles. The fourth-order valence-corrected chi connectivity index (χ4v) is 1.87. The SMILES string of the molecule is OCc1ccc(OCc2c(F)cccc2Br)cn1. The van der Waals surface area contributed by atoms with E-state index in [0.717, 1.165) is 0 Å². The lowest BCUT2D eigenvalue weighted by molar-refractivity contribution is 0.274. The lowest BCUT2D eigenvalue weighted by Crippen LogP contribution is -2.00. The van der Waals surface area contributed by atoms with Crippen LogP contribution in [0.15, 0.2) is 41.0 Å². The zero-order valence-electron chi connectivity index (χ0n) is 9.44. The molecule has 0 aliphatic heterocycles. The van der Waals surface area contributed by atoms with Crippen LogP contribution >= 0.6 is 15.9 Å². The minimum Gasteiger partial charge on any atom is -0.487 e. The molecule has 3 nitrogen and oxygen atoms in total.